The molecule has 0 amide bonds. The SMILES string of the molecule is OC[C@H]1CC[C@H](C(F)(F)F)CO1. The fourth-order valence-corrected chi connectivity index (χ4v) is 1.21. The van der Waals surface area contributed by atoms with Crippen molar-refractivity contribution in [3.63, 3.8) is 0 Å². The summed E-state index contributed by atoms with van der Waals surface area (Å²) in [7, 11) is 0. The zero-order valence-electron chi connectivity index (χ0n) is 6.47. The van der Waals surface area contributed by atoms with Crippen molar-refractivity contribution < 1.29 is 23.0 Å². The van der Waals surface area contributed by atoms with Crippen molar-refractivity contribution in [3.8, 4) is 0 Å². The summed E-state index contributed by atoms with van der Waals surface area (Å²) >= 11 is 0. The Hall–Kier alpha value is -0.290. The quantitative estimate of drug-likeness (QED) is 0.666. The lowest BCUT2D eigenvalue weighted by Crippen LogP contribution is -2.36. The summed E-state index contributed by atoms with van der Waals surface area (Å²) in [6.45, 7) is -0.501. The second-order valence-electron chi connectivity index (χ2n) is 2.95. The normalized spacial score (nSPS) is 32.0. The van der Waals surface area contributed by atoms with Gasteiger partial charge in [-0.25, -0.2) is 0 Å². The highest BCUT2D eigenvalue weighted by atomic mass is 19.4. The maximum atomic E-state index is 12.0. The molecule has 1 aliphatic rings. The Morgan fingerprint density at radius 2 is 2.00 bits per heavy atom. The van der Waals surface area contributed by atoms with E-state index in [0.717, 1.165) is 0 Å². The fourth-order valence-electron chi connectivity index (χ4n) is 1.21. The van der Waals surface area contributed by atoms with E-state index in [1.807, 2.05) is 0 Å². The monoisotopic (exact) mass is 184 g/mol. The molecule has 0 aromatic rings. The van der Waals surface area contributed by atoms with E-state index in [0.29, 0.717) is 6.42 Å². The van der Waals surface area contributed by atoms with Crippen molar-refractivity contribution in [2.45, 2.75) is 25.1 Å². The van der Waals surface area contributed by atoms with Gasteiger partial charge in [0.1, 0.15) is 0 Å². The van der Waals surface area contributed by atoms with Crippen LogP contribution in [0, 0.1) is 5.92 Å². The maximum Gasteiger partial charge on any atom is 0.394 e. The summed E-state index contributed by atoms with van der Waals surface area (Å²) in [5, 5.41) is 8.57. The van der Waals surface area contributed by atoms with Crippen molar-refractivity contribution in [2.75, 3.05) is 13.2 Å². The summed E-state index contributed by atoms with van der Waals surface area (Å²) in [4.78, 5) is 0. The van der Waals surface area contributed by atoms with E-state index in [9.17, 15) is 13.2 Å². The van der Waals surface area contributed by atoms with E-state index in [-0.39, 0.29) is 19.6 Å². The van der Waals surface area contributed by atoms with Crippen LogP contribution in [-0.4, -0.2) is 30.6 Å². The average Bonchev–Trinajstić information content (AvgIpc) is 2.03. The van der Waals surface area contributed by atoms with Crippen molar-refractivity contribution >= 4 is 0 Å². The van der Waals surface area contributed by atoms with Crippen molar-refractivity contribution in [3.05, 3.63) is 0 Å². The van der Waals surface area contributed by atoms with Gasteiger partial charge in [0.15, 0.2) is 0 Å². The number of hydrogen-bond acceptors (Lipinski definition) is 2. The van der Waals surface area contributed by atoms with Gasteiger partial charge in [0, 0.05) is 0 Å². The van der Waals surface area contributed by atoms with Crippen molar-refractivity contribution in [1.29, 1.82) is 0 Å². The molecule has 1 fully saturated rings. The fraction of sp³-hybridized carbons (Fsp3) is 1.00. The third-order valence-electron chi connectivity index (χ3n) is 2.04. The van der Waals surface area contributed by atoms with Crippen LogP contribution in [0.15, 0.2) is 0 Å². The molecule has 0 radical (unpaired) electrons. The third kappa shape index (κ3) is 2.35. The van der Waals surface area contributed by atoms with Crippen LogP contribution in [-0.2, 0) is 4.74 Å². The van der Waals surface area contributed by atoms with E-state index in [2.05, 4.69) is 0 Å². The molecule has 0 spiro atoms. The minimum absolute atomic E-state index is 0.0642. The lowest BCUT2D eigenvalue weighted by Gasteiger charge is -2.29. The number of aliphatic hydroxyl groups excluding tert-OH is 1. The summed E-state index contributed by atoms with van der Waals surface area (Å²) in [5.74, 6) is -1.35. The van der Waals surface area contributed by atoms with E-state index < -0.39 is 18.2 Å². The van der Waals surface area contributed by atoms with Crippen molar-refractivity contribution in [2.24, 2.45) is 5.92 Å². The van der Waals surface area contributed by atoms with Crippen LogP contribution in [0.2, 0.25) is 0 Å². The highest BCUT2D eigenvalue weighted by Gasteiger charge is 2.41. The Labute approximate surface area is 68.3 Å². The van der Waals surface area contributed by atoms with Crippen LogP contribution < -0.4 is 0 Å². The van der Waals surface area contributed by atoms with E-state index in [1.165, 1.54) is 0 Å². The Kier molecular flexibility index (Phi) is 2.95. The molecule has 2 nitrogen and oxygen atoms in total. The zero-order valence-corrected chi connectivity index (χ0v) is 6.47. The molecule has 5 heteroatoms. The molecule has 72 valence electrons. The molecule has 0 aromatic carbocycles. The van der Waals surface area contributed by atoms with Crippen LogP contribution >= 0.6 is 0 Å². The Morgan fingerprint density at radius 1 is 1.33 bits per heavy atom. The van der Waals surface area contributed by atoms with Gasteiger partial charge >= 0.3 is 6.18 Å². The lowest BCUT2D eigenvalue weighted by atomic mass is 9.98. The van der Waals surface area contributed by atoms with E-state index in [4.69, 9.17) is 9.84 Å². The first-order valence-electron chi connectivity index (χ1n) is 3.83. The van der Waals surface area contributed by atoms with Gasteiger partial charge in [-0.2, -0.15) is 13.2 Å². The molecule has 0 unspecified atom stereocenters. The number of hydrogen-bond donors (Lipinski definition) is 1. The topological polar surface area (TPSA) is 29.5 Å². The molecule has 0 aliphatic carbocycles. The van der Waals surface area contributed by atoms with Crippen LogP contribution in [0.4, 0.5) is 13.2 Å². The number of rotatable bonds is 1. The summed E-state index contributed by atoms with van der Waals surface area (Å²) in [5.41, 5.74) is 0. The number of halogens is 3. The average molecular weight is 184 g/mol. The number of aliphatic hydroxyl groups is 1. The molecule has 0 bridgehead atoms. The van der Waals surface area contributed by atoms with Gasteiger partial charge < -0.3 is 9.84 Å². The molecule has 12 heavy (non-hydrogen) atoms. The molecule has 0 aromatic heterocycles. The van der Waals surface area contributed by atoms with Crippen molar-refractivity contribution in [1.82, 2.24) is 0 Å². The van der Waals surface area contributed by atoms with Crippen LogP contribution in [0.1, 0.15) is 12.8 Å². The third-order valence-corrected chi connectivity index (χ3v) is 2.04. The van der Waals surface area contributed by atoms with Gasteiger partial charge in [-0.15, -0.1) is 0 Å². The lowest BCUT2D eigenvalue weighted by molar-refractivity contribution is -0.210. The molecule has 1 rings (SSSR count). The second kappa shape index (κ2) is 3.62. The van der Waals surface area contributed by atoms with Crippen LogP contribution in [0.5, 0.6) is 0 Å². The van der Waals surface area contributed by atoms with Gasteiger partial charge in [0.25, 0.3) is 0 Å². The van der Waals surface area contributed by atoms with Gasteiger partial charge in [-0.3, -0.25) is 0 Å². The standard InChI is InChI=1S/C7H11F3O2/c8-7(9,10)5-1-2-6(3-11)12-4-5/h5-6,11H,1-4H2/t5-,6+/m0/s1. The highest BCUT2D eigenvalue weighted by molar-refractivity contribution is 4.74. The maximum absolute atomic E-state index is 12.0. The first kappa shape index (κ1) is 9.80. The van der Waals surface area contributed by atoms with E-state index in [1.54, 1.807) is 0 Å². The van der Waals surface area contributed by atoms with Gasteiger partial charge in [-0.1, -0.05) is 0 Å². The predicted octanol–water partition coefficient (Wildman–Crippen LogP) is 1.34. The zero-order chi connectivity index (χ0) is 9.19. The van der Waals surface area contributed by atoms with Gasteiger partial charge in [-0.05, 0) is 12.8 Å². The second-order valence-corrected chi connectivity index (χ2v) is 2.95. The van der Waals surface area contributed by atoms with E-state index >= 15 is 0 Å². The molecular formula is C7H11F3O2. The van der Waals surface area contributed by atoms with Gasteiger partial charge in [0.2, 0.25) is 0 Å². The summed E-state index contributed by atoms with van der Waals surface area (Å²) < 4.78 is 40.9. The largest absolute Gasteiger partial charge is 0.394 e. The Balaban J connectivity index is 2.36. The summed E-state index contributed by atoms with van der Waals surface area (Å²) in [6.07, 6.45) is -4.20. The molecule has 0 saturated carbocycles. The molecule has 1 N–H and O–H groups in total. The van der Waals surface area contributed by atoms with Crippen LogP contribution in [0.25, 0.3) is 0 Å². The number of ether oxygens (including phenoxy) is 1. The molecule has 2 atom stereocenters. The van der Waals surface area contributed by atoms with Gasteiger partial charge in [0.05, 0.1) is 25.2 Å². The highest BCUT2D eigenvalue weighted by Crippen LogP contribution is 2.33. The number of alkyl halides is 3. The Bertz CT molecular complexity index is 138. The molecule has 1 heterocycles. The Morgan fingerprint density at radius 3 is 2.33 bits per heavy atom. The minimum Gasteiger partial charge on any atom is -0.394 e. The first-order chi connectivity index (χ1) is 5.54. The van der Waals surface area contributed by atoms with Crippen LogP contribution in [0.3, 0.4) is 0 Å². The summed E-state index contributed by atoms with van der Waals surface area (Å²) in [6, 6.07) is 0. The molecular weight excluding hydrogens is 173 g/mol. The smallest absolute Gasteiger partial charge is 0.394 e. The minimum atomic E-state index is -4.15. The predicted molar refractivity (Wildman–Crippen MR) is 35.6 cm³/mol. The molecule has 1 aliphatic heterocycles. The first-order valence-corrected chi connectivity index (χ1v) is 3.83. The molecule has 1 saturated heterocycles.